The van der Waals surface area contributed by atoms with Gasteiger partial charge in [0.15, 0.2) is 0 Å². The van der Waals surface area contributed by atoms with Crippen LogP contribution in [0, 0.1) is 17.2 Å². The van der Waals surface area contributed by atoms with E-state index in [0.717, 1.165) is 6.42 Å². The Balaban J connectivity index is 2.49. The zero-order valence-electron chi connectivity index (χ0n) is 6.29. The van der Waals surface area contributed by atoms with Gasteiger partial charge in [0.05, 0.1) is 12.0 Å². The number of hydrogen-bond donors (Lipinski definition) is 0. The van der Waals surface area contributed by atoms with E-state index >= 15 is 0 Å². The number of nitriles is 1. The fourth-order valence-corrected chi connectivity index (χ4v) is 1.19. The molecule has 1 atom stereocenters. The number of carbonyl (C=O) groups excluding carboxylic acids is 1. The molecular weight excluding hydrogens is 140 g/mol. The zero-order chi connectivity index (χ0) is 8.27. The first-order valence-corrected chi connectivity index (χ1v) is 3.59. The van der Waals surface area contributed by atoms with Gasteiger partial charge in [0.1, 0.15) is 0 Å². The molecule has 0 N–H and O–H groups in total. The maximum atomic E-state index is 11.0. The maximum Gasteiger partial charge on any atom is 0.245 e. The Morgan fingerprint density at radius 2 is 2.55 bits per heavy atom. The molecule has 1 aliphatic rings. The van der Waals surface area contributed by atoms with Gasteiger partial charge in [0, 0.05) is 13.1 Å². The Hall–Kier alpha value is -1.30. The molecule has 1 rings (SSSR count). The van der Waals surface area contributed by atoms with Crippen molar-refractivity contribution in [1.29, 1.82) is 5.26 Å². The van der Waals surface area contributed by atoms with Crippen molar-refractivity contribution in [2.24, 2.45) is 5.92 Å². The van der Waals surface area contributed by atoms with Crippen LogP contribution in [0.4, 0.5) is 0 Å². The van der Waals surface area contributed by atoms with Gasteiger partial charge >= 0.3 is 0 Å². The summed E-state index contributed by atoms with van der Waals surface area (Å²) in [6.45, 7) is 4.65. The van der Waals surface area contributed by atoms with Crippen molar-refractivity contribution in [3.63, 3.8) is 0 Å². The third-order valence-corrected chi connectivity index (χ3v) is 1.86. The van der Waals surface area contributed by atoms with Crippen molar-refractivity contribution in [1.82, 2.24) is 4.90 Å². The molecule has 0 aromatic carbocycles. The Morgan fingerprint density at radius 1 is 1.82 bits per heavy atom. The lowest BCUT2D eigenvalue weighted by Gasteiger charge is -2.11. The van der Waals surface area contributed by atoms with E-state index in [1.165, 1.54) is 6.08 Å². The van der Waals surface area contributed by atoms with Gasteiger partial charge in [-0.1, -0.05) is 6.58 Å². The van der Waals surface area contributed by atoms with E-state index in [-0.39, 0.29) is 11.8 Å². The number of carbonyl (C=O) groups is 1. The van der Waals surface area contributed by atoms with Gasteiger partial charge in [-0.3, -0.25) is 4.79 Å². The lowest BCUT2D eigenvalue weighted by molar-refractivity contribution is -0.125. The second kappa shape index (κ2) is 3.20. The highest BCUT2D eigenvalue weighted by Gasteiger charge is 2.23. The third kappa shape index (κ3) is 1.58. The minimum atomic E-state index is -0.0669. The van der Waals surface area contributed by atoms with Crippen LogP contribution in [0.3, 0.4) is 0 Å². The third-order valence-electron chi connectivity index (χ3n) is 1.86. The van der Waals surface area contributed by atoms with E-state index in [4.69, 9.17) is 5.26 Å². The largest absolute Gasteiger partial charge is 0.338 e. The fourth-order valence-electron chi connectivity index (χ4n) is 1.19. The topological polar surface area (TPSA) is 44.1 Å². The summed E-state index contributed by atoms with van der Waals surface area (Å²) in [5.41, 5.74) is 0. The summed E-state index contributed by atoms with van der Waals surface area (Å²) >= 11 is 0. The normalized spacial score (nSPS) is 22.8. The number of hydrogen-bond acceptors (Lipinski definition) is 2. The van der Waals surface area contributed by atoms with Crippen molar-refractivity contribution < 1.29 is 4.79 Å². The zero-order valence-corrected chi connectivity index (χ0v) is 6.29. The fraction of sp³-hybridized carbons (Fsp3) is 0.500. The van der Waals surface area contributed by atoms with Gasteiger partial charge in [-0.2, -0.15) is 5.26 Å². The molecule has 1 amide bonds. The summed E-state index contributed by atoms with van der Waals surface area (Å²) < 4.78 is 0. The van der Waals surface area contributed by atoms with E-state index in [1.807, 2.05) is 0 Å². The molecule has 0 spiro atoms. The Kier molecular flexibility index (Phi) is 2.27. The van der Waals surface area contributed by atoms with Gasteiger partial charge in [-0.25, -0.2) is 0 Å². The molecule has 1 aliphatic heterocycles. The maximum absolute atomic E-state index is 11.0. The van der Waals surface area contributed by atoms with Crippen molar-refractivity contribution >= 4 is 5.91 Å². The first-order valence-electron chi connectivity index (χ1n) is 3.59. The number of nitrogens with zero attached hydrogens (tertiary/aromatic N) is 2. The molecule has 0 radical (unpaired) electrons. The highest BCUT2D eigenvalue weighted by atomic mass is 16.2. The molecule has 0 aliphatic carbocycles. The number of rotatable bonds is 1. The highest BCUT2D eigenvalue weighted by Crippen LogP contribution is 2.14. The van der Waals surface area contributed by atoms with Gasteiger partial charge in [-0.15, -0.1) is 0 Å². The second-order valence-corrected chi connectivity index (χ2v) is 2.60. The molecule has 1 unspecified atom stereocenters. The summed E-state index contributed by atoms with van der Waals surface area (Å²) in [5, 5.41) is 8.52. The molecule has 0 saturated carbocycles. The van der Waals surface area contributed by atoms with Crippen molar-refractivity contribution in [2.45, 2.75) is 6.42 Å². The van der Waals surface area contributed by atoms with Gasteiger partial charge < -0.3 is 4.90 Å². The molecule has 58 valence electrons. The van der Waals surface area contributed by atoms with Crippen LogP contribution in [0.1, 0.15) is 6.42 Å². The summed E-state index contributed by atoms with van der Waals surface area (Å²) in [5.74, 6) is -0.0401. The van der Waals surface area contributed by atoms with Gasteiger partial charge in [0.2, 0.25) is 5.91 Å². The minimum absolute atomic E-state index is 0.0268. The average molecular weight is 150 g/mol. The summed E-state index contributed by atoms with van der Waals surface area (Å²) in [7, 11) is 0. The molecule has 0 aromatic heterocycles. The molecule has 1 saturated heterocycles. The Labute approximate surface area is 65.9 Å². The molecule has 1 heterocycles. The van der Waals surface area contributed by atoms with Crippen LogP contribution in [0.5, 0.6) is 0 Å². The van der Waals surface area contributed by atoms with Crippen LogP contribution in [0.15, 0.2) is 12.7 Å². The van der Waals surface area contributed by atoms with Gasteiger partial charge in [0.25, 0.3) is 0 Å². The van der Waals surface area contributed by atoms with Crippen LogP contribution < -0.4 is 0 Å². The SMILES string of the molecule is C=CC(=O)N1CCC(C#N)C1. The molecule has 0 aromatic rings. The van der Waals surface area contributed by atoms with Gasteiger partial charge in [-0.05, 0) is 12.5 Å². The predicted octanol–water partition coefficient (Wildman–Crippen LogP) is 0.544. The highest BCUT2D eigenvalue weighted by molar-refractivity contribution is 5.87. The van der Waals surface area contributed by atoms with Crippen LogP contribution in [-0.2, 0) is 4.79 Å². The number of likely N-dealkylation sites (tertiary alicyclic amines) is 1. The quantitative estimate of drug-likeness (QED) is 0.512. The second-order valence-electron chi connectivity index (χ2n) is 2.60. The lowest BCUT2D eigenvalue weighted by atomic mass is 10.1. The standard InChI is InChI=1S/C8H10N2O/c1-2-8(11)10-4-3-7(5-9)6-10/h2,7H,1,3-4,6H2. The van der Waals surface area contributed by atoms with Crippen molar-refractivity contribution in [2.75, 3.05) is 13.1 Å². The Morgan fingerprint density at radius 3 is 3.00 bits per heavy atom. The monoisotopic (exact) mass is 150 g/mol. The molecule has 3 heteroatoms. The molecular formula is C8H10N2O. The minimum Gasteiger partial charge on any atom is -0.338 e. The average Bonchev–Trinajstić information content (AvgIpc) is 2.50. The number of amides is 1. The predicted molar refractivity (Wildman–Crippen MR) is 40.5 cm³/mol. The van der Waals surface area contributed by atoms with Crippen molar-refractivity contribution in [3.05, 3.63) is 12.7 Å². The van der Waals surface area contributed by atoms with E-state index < -0.39 is 0 Å². The summed E-state index contributed by atoms with van der Waals surface area (Å²) in [4.78, 5) is 12.6. The van der Waals surface area contributed by atoms with E-state index in [0.29, 0.717) is 13.1 Å². The van der Waals surface area contributed by atoms with Crippen LogP contribution >= 0.6 is 0 Å². The first-order chi connectivity index (χ1) is 5.27. The Bertz CT molecular complexity index is 217. The summed E-state index contributed by atoms with van der Waals surface area (Å²) in [6, 6.07) is 2.14. The van der Waals surface area contributed by atoms with Crippen LogP contribution in [0.25, 0.3) is 0 Å². The van der Waals surface area contributed by atoms with Crippen molar-refractivity contribution in [3.8, 4) is 6.07 Å². The van der Waals surface area contributed by atoms with E-state index in [9.17, 15) is 4.79 Å². The molecule has 3 nitrogen and oxygen atoms in total. The smallest absolute Gasteiger partial charge is 0.245 e. The lowest BCUT2D eigenvalue weighted by Crippen LogP contribution is -2.26. The van der Waals surface area contributed by atoms with Crippen LogP contribution in [-0.4, -0.2) is 23.9 Å². The summed E-state index contributed by atoms with van der Waals surface area (Å²) in [6.07, 6.45) is 2.09. The molecule has 1 fully saturated rings. The van der Waals surface area contributed by atoms with E-state index in [2.05, 4.69) is 12.6 Å². The molecule has 0 bridgehead atoms. The van der Waals surface area contributed by atoms with Crippen LogP contribution in [0.2, 0.25) is 0 Å². The van der Waals surface area contributed by atoms with E-state index in [1.54, 1.807) is 4.90 Å². The first kappa shape index (κ1) is 7.80. The molecule has 11 heavy (non-hydrogen) atoms.